The first-order chi connectivity index (χ1) is 9.79. The summed E-state index contributed by atoms with van der Waals surface area (Å²) >= 11 is 0. The van der Waals surface area contributed by atoms with Gasteiger partial charge in [0.05, 0.1) is 17.4 Å². The first kappa shape index (κ1) is 12.7. The SMILES string of the molecule is N#Cc1c(N)cccc1-c1cnn(C2CCCCO2)c1. The van der Waals surface area contributed by atoms with Crippen molar-refractivity contribution in [1.29, 1.82) is 5.26 Å². The van der Waals surface area contributed by atoms with E-state index in [0.717, 1.165) is 37.0 Å². The molecule has 0 spiro atoms. The van der Waals surface area contributed by atoms with Crippen molar-refractivity contribution in [2.75, 3.05) is 12.3 Å². The van der Waals surface area contributed by atoms with E-state index in [9.17, 15) is 5.26 Å². The van der Waals surface area contributed by atoms with Gasteiger partial charge >= 0.3 is 0 Å². The largest absolute Gasteiger partial charge is 0.398 e. The third-order valence-electron chi connectivity index (χ3n) is 3.57. The summed E-state index contributed by atoms with van der Waals surface area (Å²) < 4.78 is 7.54. The molecule has 1 unspecified atom stereocenters. The van der Waals surface area contributed by atoms with Crippen LogP contribution in [0, 0.1) is 11.3 Å². The molecule has 5 nitrogen and oxygen atoms in total. The number of hydrogen-bond acceptors (Lipinski definition) is 4. The van der Waals surface area contributed by atoms with Crippen LogP contribution < -0.4 is 5.73 Å². The van der Waals surface area contributed by atoms with Gasteiger partial charge in [0, 0.05) is 23.9 Å². The quantitative estimate of drug-likeness (QED) is 0.849. The van der Waals surface area contributed by atoms with Crippen molar-refractivity contribution in [3.8, 4) is 17.2 Å². The highest BCUT2D eigenvalue weighted by Crippen LogP contribution is 2.29. The molecule has 2 heterocycles. The van der Waals surface area contributed by atoms with E-state index >= 15 is 0 Å². The van der Waals surface area contributed by atoms with E-state index < -0.39 is 0 Å². The van der Waals surface area contributed by atoms with E-state index in [2.05, 4.69) is 11.2 Å². The van der Waals surface area contributed by atoms with Gasteiger partial charge in [0.15, 0.2) is 0 Å². The molecule has 102 valence electrons. The van der Waals surface area contributed by atoms with Crippen molar-refractivity contribution in [2.24, 2.45) is 0 Å². The monoisotopic (exact) mass is 268 g/mol. The Labute approximate surface area is 117 Å². The van der Waals surface area contributed by atoms with Crippen LogP contribution in [0.3, 0.4) is 0 Å². The lowest BCUT2D eigenvalue weighted by Crippen LogP contribution is -2.18. The number of aromatic nitrogens is 2. The Balaban J connectivity index is 1.94. The zero-order valence-corrected chi connectivity index (χ0v) is 11.1. The van der Waals surface area contributed by atoms with E-state index in [4.69, 9.17) is 10.5 Å². The molecular formula is C15H16N4O. The molecule has 0 amide bonds. The number of benzene rings is 1. The molecule has 1 atom stereocenters. The average Bonchev–Trinajstić information content (AvgIpc) is 2.97. The molecule has 0 saturated carbocycles. The van der Waals surface area contributed by atoms with E-state index in [1.165, 1.54) is 0 Å². The molecule has 2 aromatic rings. The van der Waals surface area contributed by atoms with Gasteiger partial charge in [-0.2, -0.15) is 10.4 Å². The molecule has 0 radical (unpaired) electrons. The second kappa shape index (κ2) is 5.35. The standard InChI is InChI=1S/C15H16N4O/c16-8-13-12(4-3-5-14(13)17)11-9-18-19(10-11)15-6-1-2-7-20-15/h3-5,9-10,15H,1-2,6-7,17H2. The van der Waals surface area contributed by atoms with Crippen LogP contribution in [0.1, 0.15) is 31.1 Å². The maximum Gasteiger partial charge on any atom is 0.150 e. The second-order valence-corrected chi connectivity index (χ2v) is 4.91. The number of nitrogens with two attached hydrogens (primary N) is 1. The molecule has 3 rings (SSSR count). The van der Waals surface area contributed by atoms with E-state index in [1.54, 1.807) is 12.3 Å². The number of ether oxygens (including phenoxy) is 1. The molecule has 5 heteroatoms. The molecule has 1 fully saturated rings. The van der Waals surface area contributed by atoms with Crippen LogP contribution in [0.2, 0.25) is 0 Å². The van der Waals surface area contributed by atoms with Crippen LogP contribution in [0.4, 0.5) is 5.69 Å². The van der Waals surface area contributed by atoms with Crippen LogP contribution >= 0.6 is 0 Å². The predicted molar refractivity (Wildman–Crippen MR) is 75.6 cm³/mol. The molecule has 1 aromatic carbocycles. The van der Waals surface area contributed by atoms with Crippen LogP contribution in [0.5, 0.6) is 0 Å². The molecule has 1 aliphatic heterocycles. The van der Waals surface area contributed by atoms with Gasteiger partial charge in [-0.05, 0) is 25.3 Å². The Hall–Kier alpha value is -2.32. The summed E-state index contributed by atoms with van der Waals surface area (Å²) in [6.07, 6.45) is 6.92. The maximum absolute atomic E-state index is 9.23. The summed E-state index contributed by atoms with van der Waals surface area (Å²) in [5.41, 5.74) is 8.54. The van der Waals surface area contributed by atoms with Gasteiger partial charge in [-0.3, -0.25) is 0 Å². The minimum absolute atomic E-state index is 0.00379. The van der Waals surface area contributed by atoms with Crippen LogP contribution in [0.15, 0.2) is 30.6 Å². The van der Waals surface area contributed by atoms with Gasteiger partial charge in [-0.25, -0.2) is 4.68 Å². The molecule has 2 N–H and O–H groups in total. The van der Waals surface area contributed by atoms with Crippen molar-refractivity contribution in [1.82, 2.24) is 9.78 Å². The lowest BCUT2D eigenvalue weighted by Gasteiger charge is -2.22. The summed E-state index contributed by atoms with van der Waals surface area (Å²) in [5.74, 6) is 0. The maximum atomic E-state index is 9.23. The highest BCUT2D eigenvalue weighted by Gasteiger charge is 2.17. The summed E-state index contributed by atoms with van der Waals surface area (Å²) in [4.78, 5) is 0. The third kappa shape index (κ3) is 2.26. The van der Waals surface area contributed by atoms with Gasteiger partial charge in [0.2, 0.25) is 0 Å². The Bertz CT molecular complexity index is 650. The number of rotatable bonds is 2. The molecule has 0 aliphatic carbocycles. The summed E-state index contributed by atoms with van der Waals surface area (Å²) in [6.45, 7) is 0.779. The van der Waals surface area contributed by atoms with Gasteiger partial charge in [0.1, 0.15) is 12.3 Å². The van der Waals surface area contributed by atoms with Gasteiger partial charge in [-0.15, -0.1) is 0 Å². The Morgan fingerprint density at radius 1 is 1.40 bits per heavy atom. The zero-order valence-electron chi connectivity index (χ0n) is 11.1. The number of nitrogens with zero attached hydrogens (tertiary/aromatic N) is 3. The lowest BCUT2D eigenvalue weighted by molar-refractivity contribution is -0.0394. The number of anilines is 1. The lowest BCUT2D eigenvalue weighted by atomic mass is 10.0. The molecule has 0 bridgehead atoms. The van der Waals surface area contributed by atoms with E-state index in [-0.39, 0.29) is 6.23 Å². The molecular weight excluding hydrogens is 252 g/mol. The average molecular weight is 268 g/mol. The highest BCUT2D eigenvalue weighted by molar-refractivity contribution is 5.76. The van der Waals surface area contributed by atoms with E-state index in [1.807, 2.05) is 23.0 Å². The van der Waals surface area contributed by atoms with Crippen LogP contribution in [-0.4, -0.2) is 16.4 Å². The minimum Gasteiger partial charge on any atom is -0.398 e. The summed E-state index contributed by atoms with van der Waals surface area (Å²) in [7, 11) is 0. The summed E-state index contributed by atoms with van der Waals surface area (Å²) in [6, 6.07) is 7.62. The van der Waals surface area contributed by atoms with Gasteiger partial charge in [-0.1, -0.05) is 12.1 Å². The normalized spacial score (nSPS) is 18.6. The molecule has 1 aromatic heterocycles. The zero-order chi connectivity index (χ0) is 13.9. The summed E-state index contributed by atoms with van der Waals surface area (Å²) in [5, 5.41) is 13.6. The van der Waals surface area contributed by atoms with Crippen LogP contribution in [0.25, 0.3) is 11.1 Å². The van der Waals surface area contributed by atoms with Crippen molar-refractivity contribution in [2.45, 2.75) is 25.5 Å². The van der Waals surface area contributed by atoms with Crippen LogP contribution in [-0.2, 0) is 4.74 Å². The van der Waals surface area contributed by atoms with Crippen molar-refractivity contribution in [3.05, 3.63) is 36.2 Å². The number of hydrogen-bond donors (Lipinski definition) is 1. The Kier molecular flexibility index (Phi) is 3.40. The highest BCUT2D eigenvalue weighted by atomic mass is 16.5. The number of nitrogen functional groups attached to an aromatic ring is 1. The fourth-order valence-corrected chi connectivity index (χ4v) is 2.50. The topological polar surface area (TPSA) is 76.9 Å². The second-order valence-electron chi connectivity index (χ2n) is 4.91. The first-order valence-corrected chi connectivity index (χ1v) is 6.74. The molecule has 1 aliphatic rings. The smallest absolute Gasteiger partial charge is 0.150 e. The van der Waals surface area contributed by atoms with Gasteiger partial charge < -0.3 is 10.5 Å². The number of nitriles is 1. The molecule has 20 heavy (non-hydrogen) atoms. The van der Waals surface area contributed by atoms with Crippen molar-refractivity contribution in [3.63, 3.8) is 0 Å². The van der Waals surface area contributed by atoms with Crippen molar-refractivity contribution >= 4 is 5.69 Å². The third-order valence-corrected chi connectivity index (χ3v) is 3.57. The fourth-order valence-electron chi connectivity index (χ4n) is 2.50. The van der Waals surface area contributed by atoms with E-state index in [0.29, 0.717) is 11.3 Å². The Morgan fingerprint density at radius 3 is 3.05 bits per heavy atom. The fraction of sp³-hybridized carbons (Fsp3) is 0.333. The minimum atomic E-state index is 0.00379. The van der Waals surface area contributed by atoms with Gasteiger partial charge in [0.25, 0.3) is 0 Å². The molecule has 1 saturated heterocycles. The first-order valence-electron chi connectivity index (χ1n) is 6.74. The van der Waals surface area contributed by atoms with Crippen molar-refractivity contribution < 1.29 is 4.74 Å². The Morgan fingerprint density at radius 2 is 2.30 bits per heavy atom. The predicted octanol–water partition coefficient (Wildman–Crippen LogP) is 2.70.